The molecule has 0 radical (unpaired) electrons. The van der Waals surface area contributed by atoms with E-state index in [9.17, 15) is 9.59 Å². The molecule has 1 aliphatic rings. The molecule has 0 amide bonds. The van der Waals surface area contributed by atoms with E-state index in [1.54, 1.807) is 13.8 Å². The molecule has 0 aromatic rings. The van der Waals surface area contributed by atoms with Crippen LogP contribution in [0.4, 0.5) is 0 Å². The van der Waals surface area contributed by atoms with E-state index in [1.165, 1.54) is 0 Å². The van der Waals surface area contributed by atoms with Crippen LogP contribution in [0.1, 0.15) is 20.3 Å². The van der Waals surface area contributed by atoms with Gasteiger partial charge in [-0.15, -0.1) is 0 Å². The maximum absolute atomic E-state index is 11.0. The third-order valence-corrected chi connectivity index (χ3v) is 1.78. The summed E-state index contributed by atoms with van der Waals surface area (Å²) in [6.45, 7) is 6.70. The van der Waals surface area contributed by atoms with Crippen molar-refractivity contribution in [3.63, 3.8) is 0 Å². The van der Waals surface area contributed by atoms with Crippen molar-refractivity contribution < 1.29 is 19.1 Å². The Morgan fingerprint density at radius 2 is 2.31 bits per heavy atom. The lowest BCUT2D eigenvalue weighted by Crippen LogP contribution is -2.17. The van der Waals surface area contributed by atoms with Crippen LogP contribution in [-0.4, -0.2) is 18.2 Å². The third-order valence-electron chi connectivity index (χ3n) is 1.78. The lowest BCUT2D eigenvalue weighted by Gasteiger charge is -2.09. The zero-order chi connectivity index (χ0) is 10.0. The second kappa shape index (κ2) is 3.60. The van der Waals surface area contributed by atoms with Gasteiger partial charge in [-0.05, 0) is 6.92 Å². The highest BCUT2D eigenvalue weighted by Crippen LogP contribution is 2.21. The summed E-state index contributed by atoms with van der Waals surface area (Å²) < 4.78 is 9.60. The van der Waals surface area contributed by atoms with Gasteiger partial charge in [0.15, 0.2) is 0 Å². The van der Waals surface area contributed by atoms with Crippen LogP contribution < -0.4 is 0 Å². The van der Waals surface area contributed by atoms with E-state index in [4.69, 9.17) is 9.47 Å². The van der Waals surface area contributed by atoms with Crippen LogP contribution in [0, 0.1) is 5.92 Å². The average Bonchev–Trinajstić information content (AvgIpc) is 2.31. The quantitative estimate of drug-likeness (QED) is 0.475. The lowest BCUT2D eigenvalue weighted by atomic mass is 10.1. The summed E-state index contributed by atoms with van der Waals surface area (Å²) in [5, 5.41) is 0. The average molecular weight is 184 g/mol. The molecule has 1 heterocycles. The molecule has 1 fully saturated rings. The topological polar surface area (TPSA) is 52.6 Å². The van der Waals surface area contributed by atoms with E-state index in [2.05, 4.69) is 6.58 Å². The first kappa shape index (κ1) is 9.77. The molecule has 0 bridgehead atoms. The molecule has 2 unspecified atom stereocenters. The zero-order valence-corrected chi connectivity index (χ0v) is 7.70. The minimum absolute atomic E-state index is 0.192. The number of carbonyl (C=O) groups is 2. The number of ether oxygens (including phenoxy) is 2. The second-order valence-electron chi connectivity index (χ2n) is 3.19. The van der Waals surface area contributed by atoms with Crippen LogP contribution in [0.5, 0.6) is 0 Å². The predicted octanol–water partition coefficient (Wildman–Crippen LogP) is 1.01. The largest absolute Gasteiger partial charge is 0.425 e. The van der Waals surface area contributed by atoms with Gasteiger partial charge in [-0.25, -0.2) is 4.79 Å². The van der Waals surface area contributed by atoms with Gasteiger partial charge in [0.25, 0.3) is 0 Å². The zero-order valence-electron chi connectivity index (χ0n) is 7.70. The Bertz CT molecular complexity index is 256. The highest BCUT2D eigenvalue weighted by atomic mass is 16.7. The Morgan fingerprint density at radius 3 is 2.69 bits per heavy atom. The molecule has 0 spiro atoms. The molecule has 0 aromatic carbocycles. The maximum Gasteiger partial charge on any atom is 0.336 e. The van der Waals surface area contributed by atoms with Crippen LogP contribution in [0.3, 0.4) is 0 Å². The van der Waals surface area contributed by atoms with Gasteiger partial charge in [0.05, 0.1) is 5.92 Å². The summed E-state index contributed by atoms with van der Waals surface area (Å²) in [4.78, 5) is 21.9. The van der Waals surface area contributed by atoms with Crippen LogP contribution in [0.2, 0.25) is 0 Å². The number of rotatable bonds is 2. The van der Waals surface area contributed by atoms with Crippen molar-refractivity contribution in [2.24, 2.45) is 5.92 Å². The number of hydrogen-bond acceptors (Lipinski definition) is 4. The summed E-state index contributed by atoms with van der Waals surface area (Å²) in [7, 11) is 0. The highest BCUT2D eigenvalue weighted by Gasteiger charge is 2.33. The van der Waals surface area contributed by atoms with Gasteiger partial charge < -0.3 is 9.47 Å². The van der Waals surface area contributed by atoms with Crippen LogP contribution >= 0.6 is 0 Å². The first-order chi connectivity index (χ1) is 6.00. The van der Waals surface area contributed by atoms with Crippen molar-refractivity contribution in [3.05, 3.63) is 12.2 Å². The van der Waals surface area contributed by atoms with Crippen molar-refractivity contribution in [1.29, 1.82) is 0 Å². The van der Waals surface area contributed by atoms with Gasteiger partial charge in [0.2, 0.25) is 6.29 Å². The van der Waals surface area contributed by atoms with Gasteiger partial charge in [0.1, 0.15) is 0 Å². The van der Waals surface area contributed by atoms with Gasteiger partial charge in [-0.3, -0.25) is 4.79 Å². The van der Waals surface area contributed by atoms with E-state index in [-0.39, 0.29) is 11.9 Å². The van der Waals surface area contributed by atoms with Crippen LogP contribution in [-0.2, 0) is 19.1 Å². The lowest BCUT2D eigenvalue weighted by molar-refractivity contribution is -0.173. The summed E-state index contributed by atoms with van der Waals surface area (Å²) in [5.74, 6) is -1.03. The molecule has 0 aromatic heterocycles. The van der Waals surface area contributed by atoms with Gasteiger partial charge in [-0.1, -0.05) is 13.5 Å². The summed E-state index contributed by atoms with van der Waals surface area (Å²) >= 11 is 0. The molecule has 4 heteroatoms. The third kappa shape index (κ3) is 2.31. The van der Waals surface area contributed by atoms with E-state index >= 15 is 0 Å². The molecule has 2 atom stereocenters. The molecule has 0 N–H and O–H groups in total. The van der Waals surface area contributed by atoms with E-state index in [0.717, 1.165) is 0 Å². The molecule has 0 saturated carbocycles. The molecular weight excluding hydrogens is 172 g/mol. The van der Waals surface area contributed by atoms with Crippen molar-refractivity contribution in [2.45, 2.75) is 26.6 Å². The Kier molecular flexibility index (Phi) is 2.70. The van der Waals surface area contributed by atoms with E-state index in [0.29, 0.717) is 12.0 Å². The Labute approximate surface area is 76.5 Å². The van der Waals surface area contributed by atoms with Crippen LogP contribution in [0.25, 0.3) is 0 Å². The number of hydrogen-bond donors (Lipinski definition) is 0. The molecule has 13 heavy (non-hydrogen) atoms. The fourth-order valence-corrected chi connectivity index (χ4v) is 0.971. The number of cyclic esters (lactones) is 1. The van der Waals surface area contributed by atoms with Gasteiger partial charge in [-0.2, -0.15) is 0 Å². The van der Waals surface area contributed by atoms with Crippen LogP contribution in [0.15, 0.2) is 12.2 Å². The van der Waals surface area contributed by atoms with Gasteiger partial charge >= 0.3 is 11.9 Å². The summed E-state index contributed by atoms with van der Waals surface area (Å²) in [6.07, 6.45) is -0.301. The molecule has 4 nitrogen and oxygen atoms in total. The predicted molar refractivity (Wildman–Crippen MR) is 44.6 cm³/mol. The second-order valence-corrected chi connectivity index (χ2v) is 3.19. The normalized spacial score (nSPS) is 26.8. The summed E-state index contributed by atoms with van der Waals surface area (Å²) in [5.41, 5.74) is 0.301. The molecule has 0 aliphatic carbocycles. The van der Waals surface area contributed by atoms with E-state index < -0.39 is 12.3 Å². The first-order valence-electron chi connectivity index (χ1n) is 4.07. The standard InChI is InChI=1S/C9H12O4/c1-5(2)8(10)12-7-4-6(3)9(11)13-7/h6-7H,1,4H2,2-3H3. The Morgan fingerprint density at radius 1 is 1.69 bits per heavy atom. The molecule has 72 valence electrons. The summed E-state index contributed by atoms with van der Waals surface area (Å²) in [6, 6.07) is 0. The highest BCUT2D eigenvalue weighted by molar-refractivity contribution is 5.87. The smallest absolute Gasteiger partial charge is 0.336 e. The molecule has 1 saturated heterocycles. The Hall–Kier alpha value is -1.32. The van der Waals surface area contributed by atoms with Gasteiger partial charge in [0, 0.05) is 12.0 Å². The van der Waals surface area contributed by atoms with Crippen molar-refractivity contribution in [1.82, 2.24) is 0 Å². The monoisotopic (exact) mass is 184 g/mol. The van der Waals surface area contributed by atoms with E-state index in [1.807, 2.05) is 0 Å². The molecular formula is C9H12O4. The van der Waals surface area contributed by atoms with Crippen molar-refractivity contribution >= 4 is 11.9 Å². The number of esters is 2. The first-order valence-corrected chi connectivity index (χ1v) is 4.07. The minimum atomic E-state index is -0.730. The SMILES string of the molecule is C=C(C)C(=O)OC1CC(C)C(=O)O1. The fraction of sp³-hybridized carbons (Fsp3) is 0.556. The Balaban J connectivity index is 2.45. The molecule has 1 rings (SSSR count). The number of carbonyl (C=O) groups excluding carboxylic acids is 2. The fourth-order valence-electron chi connectivity index (χ4n) is 0.971. The minimum Gasteiger partial charge on any atom is -0.425 e. The molecule has 1 aliphatic heterocycles. The van der Waals surface area contributed by atoms with Crippen molar-refractivity contribution in [3.8, 4) is 0 Å². The van der Waals surface area contributed by atoms with Crippen molar-refractivity contribution in [2.75, 3.05) is 0 Å². The maximum atomic E-state index is 11.0.